The van der Waals surface area contributed by atoms with Crippen LogP contribution in [0.15, 0.2) is 24.5 Å². The molecule has 2 rings (SSSR count). The fraction of sp³-hybridized carbons (Fsp3) is 0.615. The molecular weight excluding hydrogens is 212 g/mol. The van der Waals surface area contributed by atoms with Gasteiger partial charge in [0.15, 0.2) is 0 Å². The highest BCUT2D eigenvalue weighted by Crippen LogP contribution is 2.05. The molecule has 1 unspecified atom stereocenters. The van der Waals surface area contributed by atoms with E-state index >= 15 is 0 Å². The molecule has 1 fully saturated rings. The predicted octanol–water partition coefficient (Wildman–Crippen LogP) is 0.417. The average molecular weight is 234 g/mol. The van der Waals surface area contributed by atoms with Crippen molar-refractivity contribution in [1.82, 2.24) is 20.1 Å². The van der Waals surface area contributed by atoms with Crippen molar-refractivity contribution >= 4 is 0 Å². The third kappa shape index (κ3) is 3.77. The molecule has 0 amide bonds. The summed E-state index contributed by atoms with van der Waals surface area (Å²) in [4.78, 5) is 8.87. The van der Waals surface area contributed by atoms with Gasteiger partial charge in [-0.25, -0.2) is 0 Å². The fourth-order valence-corrected chi connectivity index (χ4v) is 2.21. The van der Waals surface area contributed by atoms with Crippen molar-refractivity contribution in [1.29, 1.82) is 0 Å². The lowest BCUT2D eigenvalue weighted by Crippen LogP contribution is -2.53. The predicted molar refractivity (Wildman–Crippen MR) is 69.9 cm³/mol. The maximum atomic E-state index is 4.02. The number of hydrogen-bond acceptors (Lipinski definition) is 4. The van der Waals surface area contributed by atoms with Gasteiger partial charge in [0.25, 0.3) is 0 Å². The number of likely N-dealkylation sites (N-methyl/N-ethyl adjacent to an activating group) is 2. The third-order valence-corrected chi connectivity index (χ3v) is 3.44. The number of nitrogens with one attached hydrogen (secondary N) is 1. The van der Waals surface area contributed by atoms with Crippen molar-refractivity contribution in [3.8, 4) is 0 Å². The first-order valence-electron chi connectivity index (χ1n) is 6.24. The van der Waals surface area contributed by atoms with Crippen LogP contribution in [-0.4, -0.2) is 61.1 Å². The second-order valence-corrected chi connectivity index (χ2v) is 4.88. The van der Waals surface area contributed by atoms with Crippen LogP contribution >= 0.6 is 0 Å². The summed E-state index contributed by atoms with van der Waals surface area (Å²) >= 11 is 0. The number of piperazine rings is 1. The van der Waals surface area contributed by atoms with Gasteiger partial charge < -0.3 is 10.2 Å². The summed E-state index contributed by atoms with van der Waals surface area (Å²) in [6, 6.07) is 4.74. The van der Waals surface area contributed by atoms with Gasteiger partial charge in [-0.15, -0.1) is 0 Å². The molecule has 1 saturated heterocycles. The minimum Gasteiger partial charge on any atom is -0.311 e. The molecule has 0 aliphatic carbocycles. The Labute approximate surface area is 104 Å². The zero-order valence-corrected chi connectivity index (χ0v) is 10.8. The van der Waals surface area contributed by atoms with Crippen molar-refractivity contribution in [2.75, 3.05) is 40.3 Å². The summed E-state index contributed by atoms with van der Waals surface area (Å²) in [7, 11) is 4.41. The van der Waals surface area contributed by atoms with Crippen LogP contribution in [0.3, 0.4) is 0 Å². The van der Waals surface area contributed by atoms with Gasteiger partial charge in [0.1, 0.15) is 0 Å². The summed E-state index contributed by atoms with van der Waals surface area (Å²) in [6.07, 6.45) is 3.69. The Balaban J connectivity index is 1.74. The molecule has 94 valence electrons. The molecule has 0 saturated carbocycles. The summed E-state index contributed by atoms with van der Waals surface area (Å²) in [5, 5.41) is 3.53. The van der Waals surface area contributed by atoms with E-state index in [-0.39, 0.29) is 0 Å². The van der Waals surface area contributed by atoms with Crippen LogP contribution in [0.5, 0.6) is 0 Å². The van der Waals surface area contributed by atoms with Crippen LogP contribution in [0, 0.1) is 0 Å². The molecular formula is C13H22N4. The smallest absolute Gasteiger partial charge is 0.0345 e. The van der Waals surface area contributed by atoms with E-state index in [4.69, 9.17) is 0 Å². The van der Waals surface area contributed by atoms with Gasteiger partial charge in [0.2, 0.25) is 0 Å². The van der Waals surface area contributed by atoms with E-state index in [9.17, 15) is 0 Å². The summed E-state index contributed by atoms with van der Waals surface area (Å²) < 4.78 is 0. The molecule has 4 nitrogen and oxygen atoms in total. The molecule has 4 heteroatoms. The molecule has 0 spiro atoms. The molecule has 0 radical (unpaired) electrons. The van der Waals surface area contributed by atoms with Gasteiger partial charge >= 0.3 is 0 Å². The van der Waals surface area contributed by atoms with E-state index in [0.717, 1.165) is 26.2 Å². The van der Waals surface area contributed by atoms with E-state index in [2.05, 4.69) is 46.3 Å². The van der Waals surface area contributed by atoms with Crippen molar-refractivity contribution in [3.63, 3.8) is 0 Å². The van der Waals surface area contributed by atoms with Gasteiger partial charge in [0, 0.05) is 51.2 Å². The van der Waals surface area contributed by atoms with E-state index in [0.29, 0.717) is 6.04 Å². The molecule has 0 bridgehead atoms. The second-order valence-electron chi connectivity index (χ2n) is 4.88. The quantitative estimate of drug-likeness (QED) is 0.818. The maximum absolute atomic E-state index is 4.02. The van der Waals surface area contributed by atoms with Gasteiger partial charge in [0.05, 0.1) is 0 Å². The lowest BCUT2D eigenvalue weighted by Gasteiger charge is -2.37. The Kier molecular flexibility index (Phi) is 4.48. The molecule has 1 aromatic rings. The van der Waals surface area contributed by atoms with Crippen molar-refractivity contribution in [2.24, 2.45) is 0 Å². The van der Waals surface area contributed by atoms with Crippen LogP contribution in [0.2, 0.25) is 0 Å². The number of aromatic nitrogens is 1. The summed E-state index contributed by atoms with van der Waals surface area (Å²) in [5.74, 6) is 0. The molecule has 2 heterocycles. The lowest BCUT2D eigenvalue weighted by molar-refractivity contribution is 0.113. The second kappa shape index (κ2) is 6.10. The van der Waals surface area contributed by atoms with E-state index in [1.54, 1.807) is 0 Å². The van der Waals surface area contributed by atoms with Crippen LogP contribution in [0.1, 0.15) is 5.56 Å². The maximum Gasteiger partial charge on any atom is 0.0345 e. The first-order chi connectivity index (χ1) is 8.25. The number of hydrogen-bond donors (Lipinski definition) is 1. The summed E-state index contributed by atoms with van der Waals surface area (Å²) in [6.45, 7) is 5.47. The number of nitrogens with zero attached hydrogens (tertiary/aromatic N) is 3. The molecule has 0 aromatic carbocycles. The third-order valence-electron chi connectivity index (χ3n) is 3.44. The van der Waals surface area contributed by atoms with Crippen molar-refractivity contribution in [3.05, 3.63) is 30.1 Å². The van der Waals surface area contributed by atoms with Crippen LogP contribution in [0.25, 0.3) is 0 Å². The van der Waals surface area contributed by atoms with Crippen LogP contribution < -0.4 is 5.32 Å². The normalized spacial score (nSPS) is 22.8. The highest BCUT2D eigenvalue weighted by atomic mass is 15.3. The average Bonchev–Trinajstić information content (AvgIpc) is 2.35. The lowest BCUT2D eigenvalue weighted by atomic mass is 10.2. The zero-order valence-electron chi connectivity index (χ0n) is 10.8. The summed E-state index contributed by atoms with van der Waals surface area (Å²) in [5.41, 5.74) is 1.30. The minimum atomic E-state index is 0.621. The molecule has 1 atom stereocenters. The molecule has 1 N–H and O–H groups in total. The van der Waals surface area contributed by atoms with Crippen LogP contribution in [0.4, 0.5) is 0 Å². The molecule has 1 aliphatic rings. The minimum absolute atomic E-state index is 0.621. The molecule has 17 heavy (non-hydrogen) atoms. The fourth-order valence-electron chi connectivity index (χ4n) is 2.21. The first-order valence-corrected chi connectivity index (χ1v) is 6.24. The largest absolute Gasteiger partial charge is 0.311 e. The first kappa shape index (κ1) is 12.5. The monoisotopic (exact) mass is 234 g/mol. The molecule has 1 aliphatic heterocycles. The Morgan fingerprint density at radius 2 is 2.06 bits per heavy atom. The van der Waals surface area contributed by atoms with Gasteiger partial charge in [-0.3, -0.25) is 9.88 Å². The van der Waals surface area contributed by atoms with E-state index < -0.39 is 0 Å². The van der Waals surface area contributed by atoms with Gasteiger partial charge in [-0.1, -0.05) is 0 Å². The van der Waals surface area contributed by atoms with Gasteiger partial charge in [-0.05, 0) is 31.8 Å². The Morgan fingerprint density at radius 1 is 1.29 bits per heavy atom. The highest BCUT2D eigenvalue weighted by Gasteiger charge is 2.21. The number of rotatable bonds is 4. The van der Waals surface area contributed by atoms with E-state index in [1.165, 1.54) is 12.1 Å². The van der Waals surface area contributed by atoms with E-state index in [1.807, 2.05) is 12.4 Å². The van der Waals surface area contributed by atoms with Crippen molar-refractivity contribution < 1.29 is 0 Å². The standard InChI is InChI=1S/C13H22N4/c1-16-7-8-17(2)13(11-16)10-15-9-12-3-5-14-6-4-12/h3-6,13,15H,7-11H2,1-2H3. The Bertz CT molecular complexity index is 327. The molecule has 1 aromatic heterocycles. The topological polar surface area (TPSA) is 31.4 Å². The Morgan fingerprint density at radius 3 is 2.82 bits per heavy atom. The highest BCUT2D eigenvalue weighted by molar-refractivity contribution is 5.09. The van der Waals surface area contributed by atoms with Gasteiger partial charge in [-0.2, -0.15) is 0 Å². The SMILES string of the molecule is CN1CCN(C)C(CNCc2ccncc2)C1. The Hall–Kier alpha value is -0.970. The zero-order chi connectivity index (χ0) is 12.1. The van der Waals surface area contributed by atoms with Crippen LogP contribution in [-0.2, 0) is 6.54 Å². The van der Waals surface area contributed by atoms with Crippen molar-refractivity contribution in [2.45, 2.75) is 12.6 Å². The number of pyridine rings is 1.